The van der Waals surface area contributed by atoms with Crippen LogP contribution in [0.1, 0.15) is 245 Å². The molecule has 11 heteroatoms. The molecule has 0 radical (unpaired) electrons. The molecule has 0 bridgehead atoms. The van der Waals surface area contributed by atoms with E-state index in [1.165, 1.54) is 167 Å². The Morgan fingerprint density at radius 3 is 1.32 bits per heavy atom. The maximum absolute atomic E-state index is 13.1. The number of hydrogen-bond donors (Lipinski definition) is 8. The second-order valence-corrected chi connectivity index (χ2v) is 19.3. The van der Waals surface area contributed by atoms with E-state index in [9.17, 15) is 40.5 Å². The molecule has 0 spiro atoms. The van der Waals surface area contributed by atoms with Crippen LogP contribution in [0.4, 0.5) is 0 Å². The molecule has 8 N–H and O–H groups in total. The molecule has 1 amide bonds. The van der Waals surface area contributed by atoms with Gasteiger partial charge in [-0.25, -0.2) is 0 Å². The van der Waals surface area contributed by atoms with Crippen molar-refractivity contribution in [3.63, 3.8) is 0 Å². The van der Waals surface area contributed by atoms with Gasteiger partial charge in [0, 0.05) is 0 Å². The monoisotopic (exact) mass is 926 g/mol. The molecule has 11 nitrogen and oxygen atoms in total. The van der Waals surface area contributed by atoms with Gasteiger partial charge in [0.25, 0.3) is 0 Å². The summed E-state index contributed by atoms with van der Waals surface area (Å²) < 4.78 is 11.1. The van der Waals surface area contributed by atoms with Gasteiger partial charge in [0.15, 0.2) is 6.29 Å². The van der Waals surface area contributed by atoms with Crippen LogP contribution >= 0.6 is 0 Å². The van der Waals surface area contributed by atoms with Crippen molar-refractivity contribution in [3.8, 4) is 0 Å². The number of amides is 1. The second kappa shape index (κ2) is 43.8. The van der Waals surface area contributed by atoms with E-state index in [2.05, 4.69) is 43.5 Å². The van der Waals surface area contributed by atoms with E-state index in [0.29, 0.717) is 12.8 Å². The number of carbonyl (C=O) groups is 1. The predicted octanol–water partition coefficient (Wildman–Crippen LogP) is 10.6. The van der Waals surface area contributed by atoms with Crippen molar-refractivity contribution in [1.82, 2.24) is 5.32 Å². The maximum atomic E-state index is 13.1. The summed E-state index contributed by atoms with van der Waals surface area (Å²) >= 11 is 0. The molecule has 1 aliphatic heterocycles. The first kappa shape index (κ1) is 61.6. The predicted molar refractivity (Wildman–Crippen MR) is 266 cm³/mol. The number of ether oxygens (including phenoxy) is 2. The lowest BCUT2D eigenvalue weighted by Crippen LogP contribution is -2.60. The Morgan fingerprint density at radius 1 is 0.523 bits per heavy atom. The minimum atomic E-state index is -1.67. The lowest BCUT2D eigenvalue weighted by Gasteiger charge is -2.40. The zero-order chi connectivity index (χ0) is 47.6. The summed E-state index contributed by atoms with van der Waals surface area (Å²) in [7, 11) is 0. The number of aliphatic hydroxyl groups is 7. The van der Waals surface area contributed by atoms with Crippen LogP contribution in [0.25, 0.3) is 0 Å². The number of rotatable bonds is 46. The largest absolute Gasteiger partial charge is 0.394 e. The van der Waals surface area contributed by atoms with Gasteiger partial charge in [-0.2, -0.15) is 0 Å². The molecular formula is C54H103NO10. The van der Waals surface area contributed by atoms with Gasteiger partial charge in [-0.1, -0.05) is 205 Å². The molecule has 9 atom stereocenters. The first-order chi connectivity index (χ1) is 31.7. The molecule has 0 aromatic rings. The quantitative estimate of drug-likeness (QED) is 0.0216. The fourth-order valence-corrected chi connectivity index (χ4v) is 8.73. The van der Waals surface area contributed by atoms with Gasteiger partial charge in [0.05, 0.1) is 25.4 Å². The van der Waals surface area contributed by atoms with Gasteiger partial charge < -0.3 is 50.5 Å². The van der Waals surface area contributed by atoms with Gasteiger partial charge >= 0.3 is 0 Å². The van der Waals surface area contributed by atoms with Crippen molar-refractivity contribution in [2.75, 3.05) is 13.2 Å². The molecule has 9 unspecified atom stereocenters. The average Bonchev–Trinajstić information content (AvgIpc) is 3.31. The van der Waals surface area contributed by atoms with Crippen molar-refractivity contribution in [3.05, 3.63) is 24.3 Å². The Kier molecular flexibility index (Phi) is 41.6. The third-order valence-corrected chi connectivity index (χ3v) is 13.2. The van der Waals surface area contributed by atoms with Crippen molar-refractivity contribution in [1.29, 1.82) is 0 Å². The molecule has 0 aliphatic carbocycles. The summed E-state index contributed by atoms with van der Waals surface area (Å²) in [5.41, 5.74) is 0. The minimum Gasteiger partial charge on any atom is -0.394 e. The van der Waals surface area contributed by atoms with Crippen LogP contribution in [0.3, 0.4) is 0 Å². The van der Waals surface area contributed by atoms with E-state index >= 15 is 0 Å². The van der Waals surface area contributed by atoms with Gasteiger partial charge in [-0.3, -0.25) is 4.79 Å². The van der Waals surface area contributed by atoms with Gasteiger partial charge in [0.1, 0.15) is 36.6 Å². The molecule has 1 rings (SSSR count). The zero-order valence-corrected chi connectivity index (χ0v) is 41.7. The topological polar surface area (TPSA) is 189 Å². The molecule has 0 aromatic carbocycles. The zero-order valence-electron chi connectivity index (χ0n) is 41.7. The Morgan fingerprint density at radius 2 is 0.908 bits per heavy atom. The summed E-state index contributed by atoms with van der Waals surface area (Å²) in [5.74, 6) is -0.722. The lowest BCUT2D eigenvalue weighted by molar-refractivity contribution is -0.303. The van der Waals surface area contributed by atoms with Crippen molar-refractivity contribution in [2.45, 2.75) is 300 Å². The minimum absolute atomic E-state index is 0.224. The SMILES string of the molecule is CCCCCCCC/C=C\CCCCC(O)C(=O)NC(COC1OC(CO)C(O)C(O)C1O)C(O)C(O)CCC/C=C/CCCCCCCCCCCCCCCCCCCCCCC. The average molecular weight is 926 g/mol. The number of aliphatic hydroxyl groups excluding tert-OH is 7. The first-order valence-corrected chi connectivity index (χ1v) is 27.2. The number of allylic oxidation sites excluding steroid dienone is 4. The van der Waals surface area contributed by atoms with Crippen LogP contribution in [-0.4, -0.2) is 110 Å². The Balaban J connectivity index is 2.32. The van der Waals surface area contributed by atoms with Crippen molar-refractivity contribution < 1.29 is 50.0 Å². The second-order valence-electron chi connectivity index (χ2n) is 19.3. The highest BCUT2D eigenvalue weighted by atomic mass is 16.7. The number of unbranched alkanes of at least 4 members (excludes halogenated alkanes) is 30. The van der Waals surface area contributed by atoms with Crippen LogP contribution in [0.2, 0.25) is 0 Å². The van der Waals surface area contributed by atoms with Gasteiger partial charge in [-0.15, -0.1) is 0 Å². The summed E-state index contributed by atoms with van der Waals surface area (Å²) in [6.45, 7) is 3.42. The van der Waals surface area contributed by atoms with Crippen LogP contribution in [0.15, 0.2) is 24.3 Å². The fraction of sp³-hybridized carbons (Fsp3) is 0.907. The van der Waals surface area contributed by atoms with Crippen LogP contribution < -0.4 is 5.32 Å². The molecule has 65 heavy (non-hydrogen) atoms. The van der Waals surface area contributed by atoms with Crippen molar-refractivity contribution in [2.24, 2.45) is 0 Å². The van der Waals surface area contributed by atoms with Gasteiger partial charge in [0.2, 0.25) is 5.91 Å². The van der Waals surface area contributed by atoms with E-state index in [-0.39, 0.29) is 12.8 Å². The lowest BCUT2D eigenvalue weighted by atomic mass is 9.98. The standard InChI is InChI=1S/C54H103NO10/c1-3-5-7-9-11-13-15-17-18-19-20-21-22-23-24-25-26-27-28-29-30-32-33-35-37-39-41-46(57)49(59)45(44-64-54-52(62)51(61)50(60)48(43-56)65-54)55-53(63)47(58)42-40-38-36-34-31-16-14-12-10-8-6-4-2/h31,33-35,45-52,54,56-62H,3-30,32,36-44H2,1-2H3,(H,55,63)/b34-31-,35-33+. The van der Waals surface area contributed by atoms with E-state index in [0.717, 1.165) is 38.5 Å². The van der Waals surface area contributed by atoms with E-state index in [1.807, 2.05) is 0 Å². The molecule has 1 saturated heterocycles. The number of nitrogens with one attached hydrogen (secondary N) is 1. The van der Waals surface area contributed by atoms with Gasteiger partial charge in [-0.05, 0) is 64.2 Å². The van der Waals surface area contributed by atoms with E-state index in [4.69, 9.17) is 9.47 Å². The third kappa shape index (κ3) is 32.9. The molecule has 1 aliphatic rings. The van der Waals surface area contributed by atoms with Crippen LogP contribution in [0.5, 0.6) is 0 Å². The first-order valence-electron chi connectivity index (χ1n) is 27.2. The highest BCUT2D eigenvalue weighted by Crippen LogP contribution is 2.23. The highest BCUT2D eigenvalue weighted by molar-refractivity contribution is 5.80. The summed E-state index contributed by atoms with van der Waals surface area (Å²) in [6, 6.07) is -1.19. The Labute approximate surface area is 397 Å². The summed E-state index contributed by atoms with van der Waals surface area (Å²) in [5, 5.41) is 75.8. The van der Waals surface area contributed by atoms with E-state index in [1.54, 1.807) is 0 Å². The summed E-state index contributed by atoms with van der Waals surface area (Å²) in [4.78, 5) is 13.1. The normalized spacial score (nSPS) is 21.0. The highest BCUT2D eigenvalue weighted by Gasteiger charge is 2.44. The molecule has 384 valence electrons. The maximum Gasteiger partial charge on any atom is 0.249 e. The summed E-state index contributed by atoms with van der Waals surface area (Å²) in [6.07, 6.45) is 39.7. The number of hydrogen-bond acceptors (Lipinski definition) is 10. The number of carbonyl (C=O) groups excluding carboxylic acids is 1. The molecule has 1 heterocycles. The fourth-order valence-electron chi connectivity index (χ4n) is 8.73. The molecule has 1 fully saturated rings. The Hall–Kier alpha value is -1.41. The van der Waals surface area contributed by atoms with Crippen LogP contribution in [-0.2, 0) is 14.3 Å². The molecular weight excluding hydrogens is 823 g/mol. The van der Waals surface area contributed by atoms with Crippen molar-refractivity contribution >= 4 is 5.91 Å². The smallest absolute Gasteiger partial charge is 0.249 e. The van der Waals surface area contributed by atoms with E-state index < -0.39 is 74.2 Å². The third-order valence-electron chi connectivity index (χ3n) is 13.2. The molecule has 0 aromatic heterocycles. The van der Waals surface area contributed by atoms with Crippen LogP contribution in [0, 0.1) is 0 Å². The molecule has 0 saturated carbocycles. The Bertz CT molecular complexity index is 1110.